The number of H-pyrrole nitrogens is 1. The van der Waals surface area contributed by atoms with Gasteiger partial charge in [0.25, 0.3) is 11.8 Å². The lowest BCUT2D eigenvalue weighted by Crippen LogP contribution is -2.35. The van der Waals surface area contributed by atoms with E-state index in [2.05, 4.69) is 20.6 Å². The predicted octanol–water partition coefficient (Wildman–Crippen LogP) is 3.70. The van der Waals surface area contributed by atoms with Gasteiger partial charge in [-0.3, -0.25) is 9.59 Å². The number of nitrogens with one attached hydrogen (secondary N) is 3. The zero-order valence-electron chi connectivity index (χ0n) is 18.2. The maximum absolute atomic E-state index is 12.9. The first kappa shape index (κ1) is 21.8. The summed E-state index contributed by atoms with van der Waals surface area (Å²) in [4.78, 5) is 33.5. The largest absolute Gasteiger partial charge is 0.497 e. The Hall–Kier alpha value is -4.39. The van der Waals surface area contributed by atoms with Crippen LogP contribution in [0.1, 0.15) is 21.7 Å². The fourth-order valence-corrected chi connectivity index (χ4v) is 3.32. The van der Waals surface area contributed by atoms with Gasteiger partial charge in [0.2, 0.25) is 0 Å². The standard InChI is InChI=1S/C26H24N4O3/c1-33-20-13-11-19(12-14-20)25(31)30-23(17-18-7-3-2-4-8-18)26(32)27-16-15-24-28-21-9-5-6-10-22(21)29-24/h2-14,17H,15-16H2,1H3,(H,27,32)(H,28,29)(H,30,31). The third kappa shape index (κ3) is 5.65. The number of aromatic amines is 1. The van der Waals surface area contributed by atoms with Crippen molar-refractivity contribution in [3.8, 4) is 5.75 Å². The first-order chi connectivity index (χ1) is 16.1. The van der Waals surface area contributed by atoms with Crippen molar-refractivity contribution in [3.63, 3.8) is 0 Å². The van der Waals surface area contributed by atoms with Crippen LogP contribution < -0.4 is 15.4 Å². The highest BCUT2D eigenvalue weighted by Gasteiger charge is 2.15. The molecule has 0 unspecified atom stereocenters. The molecule has 33 heavy (non-hydrogen) atoms. The topological polar surface area (TPSA) is 96.1 Å². The summed E-state index contributed by atoms with van der Waals surface area (Å²) in [6.45, 7) is 0.364. The van der Waals surface area contributed by atoms with Crippen LogP contribution in [0, 0.1) is 0 Å². The molecular weight excluding hydrogens is 416 g/mol. The molecule has 1 aromatic heterocycles. The molecule has 4 rings (SSSR count). The Morgan fingerprint density at radius 3 is 2.42 bits per heavy atom. The van der Waals surface area contributed by atoms with Crippen LogP contribution >= 0.6 is 0 Å². The molecule has 166 valence electrons. The van der Waals surface area contributed by atoms with Crippen molar-refractivity contribution in [2.45, 2.75) is 6.42 Å². The minimum atomic E-state index is -0.382. The van der Waals surface area contributed by atoms with Crippen LogP contribution in [0.5, 0.6) is 5.75 Å². The predicted molar refractivity (Wildman–Crippen MR) is 128 cm³/mol. The summed E-state index contributed by atoms with van der Waals surface area (Å²) in [6, 6.07) is 23.8. The molecular formula is C26H24N4O3. The summed E-state index contributed by atoms with van der Waals surface area (Å²) in [6.07, 6.45) is 2.18. The van der Waals surface area contributed by atoms with E-state index in [1.165, 1.54) is 0 Å². The van der Waals surface area contributed by atoms with Crippen LogP contribution in [-0.4, -0.2) is 35.4 Å². The van der Waals surface area contributed by atoms with Crippen LogP contribution in [0.4, 0.5) is 0 Å². The summed E-state index contributed by atoms with van der Waals surface area (Å²) < 4.78 is 5.13. The maximum Gasteiger partial charge on any atom is 0.267 e. The van der Waals surface area contributed by atoms with Gasteiger partial charge in [-0.25, -0.2) is 4.98 Å². The van der Waals surface area contributed by atoms with E-state index >= 15 is 0 Å². The SMILES string of the molecule is COc1ccc(C(=O)NC(=Cc2ccccc2)C(=O)NCCc2nc3ccccc3[nH]2)cc1. The molecule has 4 aromatic rings. The van der Waals surface area contributed by atoms with Gasteiger partial charge in [0, 0.05) is 18.5 Å². The summed E-state index contributed by atoms with van der Waals surface area (Å²) in [5, 5.41) is 5.60. The number of fused-ring (bicyclic) bond motifs is 1. The third-order valence-electron chi connectivity index (χ3n) is 5.04. The molecule has 2 amide bonds. The molecule has 7 nitrogen and oxygen atoms in total. The van der Waals surface area contributed by atoms with Crippen molar-refractivity contribution in [3.05, 3.63) is 102 Å². The lowest BCUT2D eigenvalue weighted by Gasteiger charge is -2.11. The second-order valence-electron chi connectivity index (χ2n) is 7.36. The van der Waals surface area contributed by atoms with E-state index in [0.29, 0.717) is 24.3 Å². The van der Waals surface area contributed by atoms with Gasteiger partial charge in [-0.15, -0.1) is 0 Å². The van der Waals surface area contributed by atoms with Gasteiger partial charge >= 0.3 is 0 Å². The number of imidazole rings is 1. The van der Waals surface area contributed by atoms with Crippen LogP contribution in [0.15, 0.2) is 84.6 Å². The van der Waals surface area contributed by atoms with E-state index < -0.39 is 0 Å². The van der Waals surface area contributed by atoms with Crippen molar-refractivity contribution in [1.82, 2.24) is 20.6 Å². The highest BCUT2D eigenvalue weighted by atomic mass is 16.5. The normalized spacial score (nSPS) is 11.2. The van der Waals surface area contributed by atoms with Gasteiger partial charge in [-0.05, 0) is 48.0 Å². The zero-order valence-corrected chi connectivity index (χ0v) is 18.2. The van der Waals surface area contributed by atoms with E-state index in [4.69, 9.17) is 4.74 Å². The molecule has 0 radical (unpaired) electrons. The number of ether oxygens (including phenoxy) is 1. The van der Waals surface area contributed by atoms with Gasteiger partial charge in [0.15, 0.2) is 0 Å². The van der Waals surface area contributed by atoms with Crippen molar-refractivity contribution >= 4 is 28.9 Å². The molecule has 0 fully saturated rings. The molecule has 0 bridgehead atoms. The molecule has 0 saturated carbocycles. The highest BCUT2D eigenvalue weighted by molar-refractivity contribution is 6.05. The van der Waals surface area contributed by atoms with Crippen molar-refractivity contribution in [2.75, 3.05) is 13.7 Å². The number of methoxy groups -OCH3 is 1. The number of hydrogen-bond acceptors (Lipinski definition) is 4. The smallest absolute Gasteiger partial charge is 0.267 e. The van der Waals surface area contributed by atoms with Crippen molar-refractivity contribution in [1.29, 1.82) is 0 Å². The minimum Gasteiger partial charge on any atom is -0.497 e. The summed E-state index contributed by atoms with van der Waals surface area (Å²) in [7, 11) is 1.56. The summed E-state index contributed by atoms with van der Waals surface area (Å²) in [5.41, 5.74) is 3.22. The first-order valence-corrected chi connectivity index (χ1v) is 10.6. The Balaban J connectivity index is 1.45. The maximum atomic E-state index is 12.9. The number of rotatable bonds is 8. The highest BCUT2D eigenvalue weighted by Crippen LogP contribution is 2.13. The molecule has 3 N–H and O–H groups in total. The van der Waals surface area contributed by atoms with Gasteiger partial charge < -0.3 is 20.4 Å². The molecule has 1 heterocycles. The average Bonchev–Trinajstić information content (AvgIpc) is 3.27. The molecule has 0 spiro atoms. The third-order valence-corrected chi connectivity index (χ3v) is 5.04. The number of benzene rings is 3. The Labute approximate surface area is 191 Å². The number of carbonyl (C=O) groups is 2. The van der Waals surface area contributed by atoms with Crippen LogP contribution in [0.3, 0.4) is 0 Å². The molecule has 3 aromatic carbocycles. The lowest BCUT2D eigenvalue weighted by molar-refractivity contribution is -0.117. The molecule has 0 aliphatic heterocycles. The summed E-state index contributed by atoms with van der Waals surface area (Å²) >= 11 is 0. The Kier molecular flexibility index (Phi) is 6.80. The number of nitrogens with zero attached hydrogens (tertiary/aromatic N) is 1. The van der Waals surface area contributed by atoms with Crippen LogP contribution in [-0.2, 0) is 11.2 Å². The molecule has 0 aliphatic carbocycles. The zero-order chi connectivity index (χ0) is 23.0. The fourth-order valence-electron chi connectivity index (χ4n) is 3.32. The van der Waals surface area contributed by atoms with Gasteiger partial charge in [0.05, 0.1) is 18.1 Å². The average molecular weight is 441 g/mol. The van der Waals surface area contributed by atoms with Gasteiger partial charge in [0.1, 0.15) is 17.3 Å². The van der Waals surface area contributed by atoms with Crippen LogP contribution in [0.25, 0.3) is 17.1 Å². The fraction of sp³-hybridized carbons (Fsp3) is 0.115. The number of para-hydroxylation sites is 2. The van der Waals surface area contributed by atoms with E-state index in [1.807, 2.05) is 54.6 Å². The molecule has 0 atom stereocenters. The Morgan fingerprint density at radius 1 is 0.970 bits per heavy atom. The second-order valence-corrected chi connectivity index (χ2v) is 7.36. The lowest BCUT2D eigenvalue weighted by atomic mass is 10.1. The quantitative estimate of drug-likeness (QED) is 0.364. The Morgan fingerprint density at radius 2 is 1.70 bits per heavy atom. The van der Waals surface area contributed by atoms with Crippen molar-refractivity contribution < 1.29 is 14.3 Å². The second kappa shape index (κ2) is 10.3. The minimum absolute atomic E-state index is 0.159. The molecule has 0 aliphatic rings. The summed E-state index contributed by atoms with van der Waals surface area (Å²) in [5.74, 6) is 0.673. The van der Waals surface area contributed by atoms with E-state index in [9.17, 15) is 9.59 Å². The molecule has 0 saturated heterocycles. The van der Waals surface area contributed by atoms with Gasteiger partial charge in [-0.2, -0.15) is 0 Å². The van der Waals surface area contributed by atoms with Crippen LogP contribution in [0.2, 0.25) is 0 Å². The monoisotopic (exact) mass is 440 g/mol. The first-order valence-electron chi connectivity index (χ1n) is 10.6. The number of amides is 2. The Bertz CT molecular complexity index is 1240. The van der Waals surface area contributed by atoms with E-state index in [-0.39, 0.29) is 17.5 Å². The van der Waals surface area contributed by atoms with Gasteiger partial charge in [-0.1, -0.05) is 42.5 Å². The van der Waals surface area contributed by atoms with E-state index in [1.54, 1.807) is 37.5 Å². The van der Waals surface area contributed by atoms with E-state index in [0.717, 1.165) is 22.4 Å². The number of hydrogen-bond donors (Lipinski definition) is 3. The number of carbonyl (C=O) groups excluding carboxylic acids is 2. The number of aromatic nitrogens is 2. The van der Waals surface area contributed by atoms with Crippen molar-refractivity contribution in [2.24, 2.45) is 0 Å². The molecule has 7 heteroatoms.